The Kier molecular flexibility index (Phi) is 5.62. The SMILES string of the molecule is CNC1CCN(CCCS(=O)O)CC1. The zero-order valence-corrected chi connectivity index (χ0v) is 9.55. The van der Waals surface area contributed by atoms with Crippen molar-refractivity contribution in [3.05, 3.63) is 0 Å². The fourth-order valence-electron chi connectivity index (χ4n) is 1.86. The van der Waals surface area contributed by atoms with Crippen LogP contribution in [0.1, 0.15) is 19.3 Å². The van der Waals surface area contributed by atoms with Crippen molar-refractivity contribution in [2.75, 3.05) is 32.4 Å². The van der Waals surface area contributed by atoms with Crippen molar-refractivity contribution in [1.82, 2.24) is 10.2 Å². The minimum absolute atomic E-state index is 0.409. The van der Waals surface area contributed by atoms with Crippen LogP contribution in [-0.2, 0) is 11.1 Å². The summed E-state index contributed by atoms with van der Waals surface area (Å²) in [7, 11) is 2.01. The van der Waals surface area contributed by atoms with Crippen molar-refractivity contribution < 1.29 is 8.76 Å². The van der Waals surface area contributed by atoms with Crippen LogP contribution in [0.4, 0.5) is 0 Å². The first-order valence-electron chi connectivity index (χ1n) is 5.19. The second-order valence-corrected chi connectivity index (χ2v) is 4.83. The van der Waals surface area contributed by atoms with Gasteiger partial charge in [0, 0.05) is 6.04 Å². The van der Waals surface area contributed by atoms with Gasteiger partial charge in [0.05, 0.1) is 5.75 Å². The Bertz CT molecular complexity index is 182. The molecule has 1 unspecified atom stereocenters. The van der Waals surface area contributed by atoms with Crippen molar-refractivity contribution in [3.8, 4) is 0 Å². The van der Waals surface area contributed by atoms with Gasteiger partial charge in [-0.3, -0.25) is 0 Å². The van der Waals surface area contributed by atoms with Crippen LogP contribution >= 0.6 is 0 Å². The molecule has 1 saturated heterocycles. The lowest BCUT2D eigenvalue weighted by atomic mass is 10.1. The lowest BCUT2D eigenvalue weighted by Crippen LogP contribution is -2.41. The largest absolute Gasteiger partial charge is 0.317 e. The number of likely N-dealkylation sites (tertiary alicyclic amines) is 1. The van der Waals surface area contributed by atoms with Gasteiger partial charge in [-0.2, -0.15) is 0 Å². The Hall–Kier alpha value is 0.0300. The molecule has 0 aromatic carbocycles. The van der Waals surface area contributed by atoms with Crippen LogP contribution in [0.5, 0.6) is 0 Å². The molecule has 84 valence electrons. The summed E-state index contributed by atoms with van der Waals surface area (Å²) in [5, 5.41) is 3.28. The summed E-state index contributed by atoms with van der Waals surface area (Å²) >= 11 is -1.62. The Balaban J connectivity index is 2.07. The molecule has 0 bridgehead atoms. The van der Waals surface area contributed by atoms with Gasteiger partial charge in [0.15, 0.2) is 11.1 Å². The molecule has 14 heavy (non-hydrogen) atoms. The molecule has 2 N–H and O–H groups in total. The van der Waals surface area contributed by atoms with Gasteiger partial charge in [-0.1, -0.05) is 0 Å². The van der Waals surface area contributed by atoms with E-state index in [-0.39, 0.29) is 0 Å². The molecule has 1 atom stereocenters. The van der Waals surface area contributed by atoms with Gasteiger partial charge in [-0.05, 0) is 45.9 Å². The second-order valence-electron chi connectivity index (χ2n) is 3.78. The van der Waals surface area contributed by atoms with Crippen LogP contribution in [0.15, 0.2) is 0 Å². The van der Waals surface area contributed by atoms with Crippen LogP contribution in [0.2, 0.25) is 0 Å². The normalized spacial score (nSPS) is 22.4. The van der Waals surface area contributed by atoms with Gasteiger partial charge in [0.25, 0.3) is 0 Å². The number of hydrogen-bond donors (Lipinski definition) is 2. The summed E-state index contributed by atoms with van der Waals surface area (Å²) in [6, 6.07) is 0.665. The second kappa shape index (κ2) is 6.50. The summed E-state index contributed by atoms with van der Waals surface area (Å²) < 4.78 is 19.0. The third kappa shape index (κ3) is 4.50. The van der Waals surface area contributed by atoms with Crippen molar-refractivity contribution in [1.29, 1.82) is 0 Å². The number of piperidine rings is 1. The van der Waals surface area contributed by atoms with E-state index in [4.69, 9.17) is 4.55 Å². The van der Waals surface area contributed by atoms with Gasteiger partial charge >= 0.3 is 0 Å². The average molecular weight is 220 g/mol. The smallest absolute Gasteiger partial charge is 0.152 e. The van der Waals surface area contributed by atoms with E-state index in [1.807, 2.05) is 7.05 Å². The maximum absolute atomic E-state index is 10.4. The van der Waals surface area contributed by atoms with Crippen LogP contribution < -0.4 is 5.32 Å². The van der Waals surface area contributed by atoms with Crippen molar-refractivity contribution in [2.45, 2.75) is 25.3 Å². The third-order valence-corrected chi connectivity index (χ3v) is 3.43. The molecule has 0 aromatic rings. The third-order valence-electron chi connectivity index (χ3n) is 2.79. The highest BCUT2D eigenvalue weighted by atomic mass is 32.2. The topological polar surface area (TPSA) is 52.6 Å². The van der Waals surface area contributed by atoms with E-state index in [2.05, 4.69) is 10.2 Å². The zero-order chi connectivity index (χ0) is 10.4. The average Bonchev–Trinajstić information content (AvgIpc) is 2.18. The molecule has 1 aliphatic heterocycles. The molecule has 1 rings (SSSR count). The molecule has 0 radical (unpaired) electrons. The van der Waals surface area contributed by atoms with E-state index in [1.165, 1.54) is 12.8 Å². The van der Waals surface area contributed by atoms with E-state index < -0.39 is 11.1 Å². The molecule has 1 fully saturated rings. The van der Waals surface area contributed by atoms with Gasteiger partial charge in [0.2, 0.25) is 0 Å². The van der Waals surface area contributed by atoms with Crippen LogP contribution in [0.25, 0.3) is 0 Å². The van der Waals surface area contributed by atoms with E-state index in [1.54, 1.807) is 0 Å². The maximum Gasteiger partial charge on any atom is 0.152 e. The lowest BCUT2D eigenvalue weighted by molar-refractivity contribution is 0.202. The molecule has 0 saturated carbocycles. The molecule has 1 heterocycles. The van der Waals surface area contributed by atoms with Crippen LogP contribution in [0, 0.1) is 0 Å². The molecule has 5 heteroatoms. The first-order valence-corrected chi connectivity index (χ1v) is 6.47. The van der Waals surface area contributed by atoms with Crippen LogP contribution in [0.3, 0.4) is 0 Å². The first-order chi connectivity index (χ1) is 6.72. The molecular formula is C9H20N2O2S. The quantitative estimate of drug-likeness (QED) is 0.654. The van der Waals surface area contributed by atoms with Crippen molar-refractivity contribution in [2.24, 2.45) is 0 Å². The Morgan fingerprint density at radius 3 is 2.64 bits per heavy atom. The van der Waals surface area contributed by atoms with Crippen molar-refractivity contribution >= 4 is 11.1 Å². The Morgan fingerprint density at radius 1 is 1.50 bits per heavy atom. The molecule has 0 amide bonds. The molecule has 0 aliphatic carbocycles. The summed E-state index contributed by atoms with van der Waals surface area (Å²) in [5.74, 6) is 0.409. The first kappa shape index (κ1) is 12.1. The maximum atomic E-state index is 10.4. The fraction of sp³-hybridized carbons (Fsp3) is 1.00. The van der Waals surface area contributed by atoms with E-state index >= 15 is 0 Å². The molecule has 4 nitrogen and oxygen atoms in total. The van der Waals surface area contributed by atoms with Crippen molar-refractivity contribution in [3.63, 3.8) is 0 Å². The highest BCUT2D eigenvalue weighted by molar-refractivity contribution is 7.79. The summed E-state index contributed by atoms with van der Waals surface area (Å²) in [6.45, 7) is 3.19. The zero-order valence-electron chi connectivity index (χ0n) is 8.74. The molecule has 1 aliphatic rings. The Labute approximate surface area is 88.3 Å². The monoisotopic (exact) mass is 220 g/mol. The minimum atomic E-state index is -1.62. The van der Waals surface area contributed by atoms with Gasteiger partial charge < -0.3 is 14.8 Å². The highest BCUT2D eigenvalue weighted by Crippen LogP contribution is 2.09. The van der Waals surface area contributed by atoms with E-state index in [9.17, 15) is 4.21 Å². The van der Waals surface area contributed by atoms with Crippen LogP contribution in [-0.4, -0.2) is 52.1 Å². The molecule has 0 aromatic heterocycles. The van der Waals surface area contributed by atoms with Gasteiger partial charge in [-0.25, -0.2) is 4.21 Å². The predicted molar refractivity (Wildman–Crippen MR) is 58.8 cm³/mol. The Morgan fingerprint density at radius 2 is 2.14 bits per heavy atom. The number of nitrogens with zero attached hydrogens (tertiary/aromatic N) is 1. The number of rotatable bonds is 5. The summed E-state index contributed by atoms with van der Waals surface area (Å²) in [5.41, 5.74) is 0. The number of hydrogen-bond acceptors (Lipinski definition) is 3. The standard InChI is InChI=1S/C9H20N2O2S/c1-10-9-3-6-11(7-4-9)5-2-8-14(12)13/h9-10H,2-8H2,1H3,(H,12,13). The predicted octanol–water partition coefficient (Wildman–Crippen LogP) is 0.282. The van der Waals surface area contributed by atoms with E-state index in [0.717, 1.165) is 26.1 Å². The fourth-order valence-corrected chi connectivity index (χ4v) is 2.23. The van der Waals surface area contributed by atoms with E-state index in [0.29, 0.717) is 11.8 Å². The van der Waals surface area contributed by atoms with Gasteiger partial charge in [0.1, 0.15) is 0 Å². The molecule has 0 spiro atoms. The number of nitrogens with one attached hydrogen (secondary N) is 1. The minimum Gasteiger partial charge on any atom is -0.317 e. The highest BCUT2D eigenvalue weighted by Gasteiger charge is 2.16. The summed E-state index contributed by atoms with van der Waals surface area (Å²) in [4.78, 5) is 2.38. The molecular weight excluding hydrogens is 200 g/mol. The lowest BCUT2D eigenvalue weighted by Gasteiger charge is -2.31. The summed E-state index contributed by atoms with van der Waals surface area (Å²) in [6.07, 6.45) is 3.21. The van der Waals surface area contributed by atoms with Gasteiger partial charge in [-0.15, -0.1) is 0 Å².